The molecule has 1 amide bonds. The van der Waals surface area contributed by atoms with Gasteiger partial charge in [0.1, 0.15) is 24.7 Å². The molecule has 0 spiro atoms. The number of anilines is 1. The first-order valence-electron chi connectivity index (χ1n) is 7.38. The van der Waals surface area contributed by atoms with Gasteiger partial charge in [0.2, 0.25) is 5.91 Å². The summed E-state index contributed by atoms with van der Waals surface area (Å²) in [6.07, 6.45) is 2.20. The van der Waals surface area contributed by atoms with Gasteiger partial charge < -0.3 is 10.1 Å². The van der Waals surface area contributed by atoms with E-state index in [1.807, 2.05) is 0 Å². The Morgan fingerprint density at radius 2 is 2.11 bits per heavy atom. The fourth-order valence-electron chi connectivity index (χ4n) is 2.11. The number of ether oxygens (including phenoxy) is 1. The van der Waals surface area contributed by atoms with Crippen molar-refractivity contribution in [1.29, 1.82) is 0 Å². The molecule has 0 aliphatic rings. The maximum Gasteiger partial charge on any atom is 0.387 e. The lowest BCUT2D eigenvalue weighted by Crippen LogP contribution is -2.18. The highest BCUT2D eigenvalue weighted by atomic mass is 32.1. The minimum Gasteiger partial charge on any atom is -0.435 e. The first-order valence-corrected chi connectivity index (χ1v) is 8.26. The number of nitrogens with one attached hydrogen (secondary N) is 1. The summed E-state index contributed by atoms with van der Waals surface area (Å²) < 4.78 is 29.7. The zero-order valence-electron chi connectivity index (χ0n) is 13.4. The molecule has 0 aliphatic heterocycles. The molecule has 27 heavy (non-hydrogen) atoms. The average Bonchev–Trinajstić information content (AvgIpc) is 3.25. The van der Waals surface area contributed by atoms with E-state index in [1.165, 1.54) is 23.5 Å². The number of benzene rings is 1. The number of rotatable bonds is 7. The van der Waals surface area contributed by atoms with Gasteiger partial charge in [-0.1, -0.05) is 0 Å². The third-order valence-corrected chi connectivity index (χ3v) is 4.02. The van der Waals surface area contributed by atoms with Gasteiger partial charge in [0.25, 0.3) is 0 Å². The smallest absolute Gasteiger partial charge is 0.387 e. The van der Waals surface area contributed by atoms with Gasteiger partial charge in [0.05, 0.1) is 10.6 Å². The van der Waals surface area contributed by atoms with E-state index in [1.54, 1.807) is 17.5 Å². The second-order valence-corrected chi connectivity index (χ2v) is 6.00. The van der Waals surface area contributed by atoms with E-state index in [9.17, 15) is 23.7 Å². The zero-order chi connectivity index (χ0) is 19.4. The highest BCUT2D eigenvalue weighted by Gasteiger charge is 2.13. The molecule has 2 heterocycles. The van der Waals surface area contributed by atoms with Crippen LogP contribution < -0.4 is 10.1 Å². The predicted molar refractivity (Wildman–Crippen MR) is 91.7 cm³/mol. The van der Waals surface area contributed by atoms with Crippen LogP contribution in [0, 0.1) is 10.1 Å². The summed E-state index contributed by atoms with van der Waals surface area (Å²) in [5.74, 6) is -0.416. The molecule has 0 atom stereocenters. The summed E-state index contributed by atoms with van der Waals surface area (Å²) in [5, 5.41) is 18.9. The molecule has 0 saturated heterocycles. The first-order chi connectivity index (χ1) is 12.9. The molecule has 0 bridgehead atoms. The largest absolute Gasteiger partial charge is 0.435 e. The first kappa shape index (κ1) is 18.4. The fourth-order valence-corrected chi connectivity index (χ4v) is 2.85. The second kappa shape index (κ2) is 7.86. The molecule has 3 aromatic rings. The Morgan fingerprint density at radius 3 is 2.74 bits per heavy atom. The van der Waals surface area contributed by atoms with Crippen molar-refractivity contribution in [1.82, 2.24) is 14.8 Å². The number of halogens is 2. The van der Waals surface area contributed by atoms with Crippen LogP contribution in [0.5, 0.6) is 5.75 Å². The highest BCUT2D eigenvalue weighted by molar-refractivity contribution is 7.14. The van der Waals surface area contributed by atoms with Gasteiger partial charge in [-0.3, -0.25) is 19.6 Å². The maximum atomic E-state index is 12.2. The topological polar surface area (TPSA) is 112 Å². The molecule has 1 aromatic carbocycles. The van der Waals surface area contributed by atoms with E-state index < -0.39 is 17.4 Å². The van der Waals surface area contributed by atoms with Crippen LogP contribution in [0.1, 0.15) is 0 Å². The van der Waals surface area contributed by atoms with E-state index in [0.29, 0.717) is 16.4 Å². The molecule has 1 N–H and O–H groups in total. The van der Waals surface area contributed by atoms with Gasteiger partial charge in [-0.25, -0.2) is 4.98 Å². The zero-order valence-corrected chi connectivity index (χ0v) is 14.2. The monoisotopic (exact) mass is 395 g/mol. The Kier molecular flexibility index (Phi) is 5.35. The van der Waals surface area contributed by atoms with Crippen LogP contribution in [-0.2, 0) is 11.3 Å². The van der Waals surface area contributed by atoms with E-state index in [2.05, 4.69) is 20.1 Å². The van der Waals surface area contributed by atoms with Gasteiger partial charge >= 0.3 is 12.3 Å². The van der Waals surface area contributed by atoms with Crippen molar-refractivity contribution in [2.24, 2.45) is 0 Å². The maximum absolute atomic E-state index is 12.2. The lowest BCUT2D eigenvalue weighted by atomic mass is 10.2. The molecule has 0 aliphatic carbocycles. The summed E-state index contributed by atoms with van der Waals surface area (Å²) in [5.41, 5.74) is 1.00. The summed E-state index contributed by atoms with van der Waals surface area (Å²) in [6, 6.07) is 5.93. The van der Waals surface area contributed by atoms with Crippen LogP contribution in [-0.4, -0.2) is 32.2 Å². The van der Waals surface area contributed by atoms with Crippen LogP contribution in [0.25, 0.3) is 11.3 Å². The Hall–Kier alpha value is -3.41. The number of carbonyl (C=O) groups excluding carboxylic acids is 1. The molecule has 0 unspecified atom stereocenters. The van der Waals surface area contributed by atoms with Crippen molar-refractivity contribution in [3.05, 3.63) is 52.2 Å². The number of amides is 1. The third-order valence-electron chi connectivity index (χ3n) is 3.26. The summed E-state index contributed by atoms with van der Waals surface area (Å²) in [4.78, 5) is 26.2. The number of nitrogens with zero attached hydrogens (tertiary/aromatic N) is 4. The van der Waals surface area contributed by atoms with Crippen LogP contribution in [0.3, 0.4) is 0 Å². The van der Waals surface area contributed by atoms with E-state index in [0.717, 1.165) is 17.1 Å². The Morgan fingerprint density at radius 1 is 1.37 bits per heavy atom. The van der Waals surface area contributed by atoms with Gasteiger partial charge in [0.15, 0.2) is 5.13 Å². The average molecular weight is 395 g/mol. The van der Waals surface area contributed by atoms with Gasteiger partial charge in [-0.05, 0) is 24.3 Å². The Labute approximate surface area is 154 Å². The summed E-state index contributed by atoms with van der Waals surface area (Å²) in [6.45, 7) is -3.10. The van der Waals surface area contributed by atoms with Crippen LogP contribution in [0.2, 0.25) is 0 Å². The number of carbonyl (C=O) groups is 1. The quantitative estimate of drug-likeness (QED) is 0.486. The van der Waals surface area contributed by atoms with Crippen LogP contribution in [0.4, 0.5) is 19.6 Å². The second-order valence-electron chi connectivity index (χ2n) is 5.14. The number of hydrogen-bond acceptors (Lipinski definition) is 7. The molecule has 0 radical (unpaired) electrons. The van der Waals surface area contributed by atoms with Crippen molar-refractivity contribution in [2.45, 2.75) is 13.2 Å². The fraction of sp³-hybridized carbons (Fsp3) is 0.133. The van der Waals surface area contributed by atoms with Gasteiger partial charge in [0, 0.05) is 10.9 Å². The summed E-state index contributed by atoms with van der Waals surface area (Å²) in [7, 11) is 0. The minimum atomic E-state index is -2.90. The van der Waals surface area contributed by atoms with Gasteiger partial charge in [-0.2, -0.15) is 13.9 Å². The predicted octanol–water partition coefficient (Wildman–Crippen LogP) is 3.15. The summed E-state index contributed by atoms with van der Waals surface area (Å²) >= 11 is 1.18. The molecular weight excluding hydrogens is 384 g/mol. The SMILES string of the molecule is O=C(Cn1cc([N+](=O)[O-])cn1)Nc1nc(-c2ccc(OC(F)F)cc2)cs1. The molecule has 12 heteroatoms. The van der Waals surface area contributed by atoms with E-state index in [-0.39, 0.29) is 18.0 Å². The standard InChI is InChI=1S/C15H11F2N5O4S/c16-14(17)26-11-3-1-9(2-4-11)12-8-27-15(19-12)20-13(23)7-21-6-10(5-18-21)22(24)25/h1-6,8,14H,7H2,(H,19,20,23). The molecule has 9 nitrogen and oxygen atoms in total. The molecule has 0 fully saturated rings. The third kappa shape index (κ3) is 4.82. The normalized spacial score (nSPS) is 10.8. The van der Waals surface area contributed by atoms with Crippen molar-refractivity contribution >= 4 is 28.1 Å². The lowest BCUT2D eigenvalue weighted by Gasteiger charge is -2.04. The van der Waals surface area contributed by atoms with Crippen molar-refractivity contribution in [3.8, 4) is 17.0 Å². The number of nitro groups is 1. The minimum absolute atomic E-state index is 0.0332. The number of hydrogen-bond donors (Lipinski definition) is 1. The molecule has 2 aromatic heterocycles. The highest BCUT2D eigenvalue weighted by Crippen LogP contribution is 2.27. The van der Waals surface area contributed by atoms with Crippen molar-refractivity contribution in [3.63, 3.8) is 0 Å². The Balaban J connectivity index is 1.61. The van der Waals surface area contributed by atoms with Crippen LogP contribution in [0.15, 0.2) is 42.0 Å². The van der Waals surface area contributed by atoms with Crippen molar-refractivity contribution < 1.29 is 23.2 Å². The van der Waals surface area contributed by atoms with Gasteiger partial charge in [-0.15, -0.1) is 11.3 Å². The number of alkyl halides is 2. The van der Waals surface area contributed by atoms with Crippen molar-refractivity contribution in [2.75, 3.05) is 5.32 Å². The lowest BCUT2D eigenvalue weighted by molar-refractivity contribution is -0.385. The molecular formula is C15H11F2N5O4S. The van der Waals surface area contributed by atoms with E-state index >= 15 is 0 Å². The van der Waals surface area contributed by atoms with Crippen LogP contribution >= 0.6 is 11.3 Å². The molecule has 3 rings (SSSR count). The number of thiazole rings is 1. The Bertz CT molecular complexity index is 957. The molecule has 0 saturated carbocycles. The number of aromatic nitrogens is 3. The molecule has 140 valence electrons. The van der Waals surface area contributed by atoms with E-state index in [4.69, 9.17) is 0 Å².